The van der Waals surface area contributed by atoms with Crippen LogP contribution in [0.15, 0.2) is 24.8 Å². The molecule has 0 saturated heterocycles. The van der Waals surface area contributed by atoms with Crippen LogP contribution in [0.1, 0.15) is 17.3 Å². The molecule has 0 aliphatic heterocycles. The van der Waals surface area contributed by atoms with Gasteiger partial charge < -0.3 is 15.7 Å². The minimum atomic E-state index is -1.56. The van der Waals surface area contributed by atoms with Crippen LogP contribution in [0.3, 0.4) is 0 Å². The van der Waals surface area contributed by atoms with E-state index >= 15 is 0 Å². The van der Waals surface area contributed by atoms with Gasteiger partial charge in [-0.2, -0.15) is 0 Å². The fraction of sp³-hybridized carbons (Fsp3) is 0.167. The highest BCUT2D eigenvalue weighted by Gasteiger charge is 2.16. The summed E-state index contributed by atoms with van der Waals surface area (Å²) in [5, 5.41) is 13.2. The summed E-state index contributed by atoms with van der Waals surface area (Å²) in [6.45, 7) is 5.08. The van der Waals surface area contributed by atoms with Gasteiger partial charge >= 0.3 is 12.0 Å². The van der Waals surface area contributed by atoms with Crippen molar-refractivity contribution in [2.45, 2.75) is 13.0 Å². The first-order chi connectivity index (χ1) is 8.85. The molecule has 19 heavy (non-hydrogen) atoms. The standard InChI is InChI=1S/C12H12F2N2O3/c1-3-6(2)15-12(19)16-10-4-7(11(17)18)8(13)5-9(10)14/h3-6H,1H2,2H3,(H,17,18)(H2,15,16,19). The Balaban J connectivity index is 2.95. The molecule has 0 bridgehead atoms. The molecule has 0 saturated carbocycles. The maximum Gasteiger partial charge on any atom is 0.338 e. The van der Waals surface area contributed by atoms with Gasteiger partial charge in [-0.1, -0.05) is 6.08 Å². The maximum absolute atomic E-state index is 13.4. The molecular formula is C12H12F2N2O3. The summed E-state index contributed by atoms with van der Waals surface area (Å²) >= 11 is 0. The van der Waals surface area contributed by atoms with E-state index < -0.39 is 34.9 Å². The Labute approximate surface area is 107 Å². The highest BCUT2D eigenvalue weighted by Crippen LogP contribution is 2.19. The van der Waals surface area contributed by atoms with Gasteiger partial charge in [-0.15, -0.1) is 6.58 Å². The Hall–Kier alpha value is -2.44. The molecule has 1 rings (SSSR count). The maximum atomic E-state index is 13.4. The molecule has 1 aromatic rings. The summed E-state index contributed by atoms with van der Waals surface area (Å²) in [7, 11) is 0. The Morgan fingerprint density at radius 2 is 2.00 bits per heavy atom. The number of carbonyl (C=O) groups is 2. The fourth-order valence-corrected chi connectivity index (χ4v) is 1.23. The quantitative estimate of drug-likeness (QED) is 0.735. The SMILES string of the molecule is C=CC(C)NC(=O)Nc1cc(C(=O)O)c(F)cc1F. The molecule has 0 spiro atoms. The second kappa shape index (κ2) is 5.94. The van der Waals surface area contributed by atoms with Crippen molar-refractivity contribution < 1.29 is 23.5 Å². The summed E-state index contributed by atoms with van der Waals surface area (Å²) in [6.07, 6.45) is 1.45. The molecule has 5 nitrogen and oxygen atoms in total. The topological polar surface area (TPSA) is 78.4 Å². The second-order valence-corrected chi connectivity index (χ2v) is 3.74. The minimum Gasteiger partial charge on any atom is -0.478 e. The normalized spacial score (nSPS) is 11.5. The van der Waals surface area contributed by atoms with Crippen LogP contribution in [0, 0.1) is 11.6 Å². The number of anilines is 1. The molecule has 0 aliphatic rings. The Morgan fingerprint density at radius 1 is 1.37 bits per heavy atom. The van der Waals surface area contributed by atoms with Crippen LogP contribution < -0.4 is 10.6 Å². The van der Waals surface area contributed by atoms with Gasteiger partial charge in [0.1, 0.15) is 11.6 Å². The number of rotatable bonds is 4. The lowest BCUT2D eigenvalue weighted by Gasteiger charge is -2.12. The summed E-state index contributed by atoms with van der Waals surface area (Å²) in [4.78, 5) is 22.1. The van der Waals surface area contributed by atoms with Gasteiger partial charge in [-0.05, 0) is 13.0 Å². The van der Waals surface area contributed by atoms with Crippen LogP contribution in [-0.4, -0.2) is 23.1 Å². The van der Waals surface area contributed by atoms with Gasteiger partial charge in [0.25, 0.3) is 0 Å². The van der Waals surface area contributed by atoms with Crippen molar-refractivity contribution in [3.63, 3.8) is 0 Å². The molecule has 1 unspecified atom stereocenters. The van der Waals surface area contributed by atoms with Crippen molar-refractivity contribution >= 4 is 17.7 Å². The summed E-state index contributed by atoms with van der Waals surface area (Å²) in [5.74, 6) is -3.83. The highest BCUT2D eigenvalue weighted by atomic mass is 19.1. The van der Waals surface area contributed by atoms with E-state index in [1.165, 1.54) is 6.08 Å². The Bertz CT molecular complexity index is 532. The number of carboxylic acid groups (broad SMARTS) is 1. The molecule has 7 heteroatoms. The van der Waals surface area contributed by atoms with E-state index in [1.54, 1.807) is 6.92 Å². The van der Waals surface area contributed by atoms with Crippen LogP contribution >= 0.6 is 0 Å². The van der Waals surface area contributed by atoms with E-state index in [1.807, 2.05) is 0 Å². The molecule has 0 fully saturated rings. The molecule has 0 radical (unpaired) electrons. The lowest BCUT2D eigenvalue weighted by Crippen LogP contribution is -2.35. The average molecular weight is 270 g/mol. The smallest absolute Gasteiger partial charge is 0.338 e. The number of amides is 2. The van der Waals surface area contributed by atoms with Crippen LogP contribution in [-0.2, 0) is 0 Å². The van der Waals surface area contributed by atoms with Crippen molar-refractivity contribution in [1.29, 1.82) is 0 Å². The Kier molecular flexibility index (Phi) is 4.57. The first-order valence-electron chi connectivity index (χ1n) is 5.27. The number of aromatic carboxylic acids is 1. The molecule has 1 atom stereocenters. The largest absolute Gasteiger partial charge is 0.478 e. The number of nitrogens with one attached hydrogen (secondary N) is 2. The number of hydrogen-bond donors (Lipinski definition) is 3. The van der Waals surface area contributed by atoms with Crippen LogP contribution in [0.2, 0.25) is 0 Å². The third kappa shape index (κ3) is 3.77. The van der Waals surface area contributed by atoms with Crippen molar-refractivity contribution in [1.82, 2.24) is 5.32 Å². The lowest BCUT2D eigenvalue weighted by molar-refractivity contribution is 0.0692. The number of carbonyl (C=O) groups excluding carboxylic acids is 1. The van der Waals surface area contributed by atoms with Gasteiger partial charge in [0.2, 0.25) is 0 Å². The zero-order valence-electron chi connectivity index (χ0n) is 10.0. The third-order valence-corrected chi connectivity index (χ3v) is 2.25. The summed E-state index contributed by atoms with van der Waals surface area (Å²) < 4.78 is 26.5. The molecule has 1 aromatic carbocycles. The molecule has 102 valence electrons. The van der Waals surface area contributed by atoms with Gasteiger partial charge in [0.15, 0.2) is 0 Å². The van der Waals surface area contributed by atoms with E-state index in [4.69, 9.17) is 5.11 Å². The average Bonchev–Trinajstić information content (AvgIpc) is 2.31. The van der Waals surface area contributed by atoms with E-state index in [-0.39, 0.29) is 6.04 Å². The molecule has 2 amide bonds. The fourth-order valence-electron chi connectivity index (χ4n) is 1.23. The van der Waals surface area contributed by atoms with Crippen molar-refractivity contribution in [3.05, 3.63) is 42.0 Å². The monoisotopic (exact) mass is 270 g/mol. The van der Waals surface area contributed by atoms with E-state index in [9.17, 15) is 18.4 Å². The van der Waals surface area contributed by atoms with Crippen molar-refractivity contribution in [2.24, 2.45) is 0 Å². The van der Waals surface area contributed by atoms with Gasteiger partial charge in [0.05, 0.1) is 11.3 Å². The van der Waals surface area contributed by atoms with E-state index in [0.717, 1.165) is 0 Å². The molecular weight excluding hydrogens is 258 g/mol. The first-order valence-corrected chi connectivity index (χ1v) is 5.27. The van der Waals surface area contributed by atoms with Gasteiger partial charge in [-0.3, -0.25) is 0 Å². The third-order valence-electron chi connectivity index (χ3n) is 2.25. The zero-order valence-corrected chi connectivity index (χ0v) is 10.0. The lowest BCUT2D eigenvalue weighted by atomic mass is 10.2. The number of halogens is 2. The number of hydrogen-bond acceptors (Lipinski definition) is 2. The van der Waals surface area contributed by atoms with Crippen LogP contribution in [0.4, 0.5) is 19.3 Å². The molecule has 3 N–H and O–H groups in total. The number of benzene rings is 1. The van der Waals surface area contributed by atoms with E-state index in [2.05, 4.69) is 17.2 Å². The zero-order chi connectivity index (χ0) is 14.6. The van der Waals surface area contributed by atoms with Gasteiger partial charge in [0, 0.05) is 12.1 Å². The molecule has 0 aromatic heterocycles. The summed E-state index contributed by atoms with van der Waals surface area (Å²) in [5.41, 5.74) is -1.15. The number of carboxylic acids is 1. The van der Waals surface area contributed by atoms with E-state index in [0.29, 0.717) is 12.1 Å². The highest BCUT2D eigenvalue weighted by molar-refractivity contribution is 5.93. The number of urea groups is 1. The van der Waals surface area contributed by atoms with Gasteiger partial charge in [-0.25, -0.2) is 18.4 Å². The van der Waals surface area contributed by atoms with Crippen LogP contribution in [0.25, 0.3) is 0 Å². The molecule has 0 aliphatic carbocycles. The van der Waals surface area contributed by atoms with Crippen molar-refractivity contribution in [3.8, 4) is 0 Å². The molecule has 0 heterocycles. The minimum absolute atomic E-state index is 0.359. The Morgan fingerprint density at radius 3 is 2.53 bits per heavy atom. The predicted octanol–water partition coefficient (Wildman–Crippen LogP) is 2.36. The predicted molar refractivity (Wildman–Crippen MR) is 65.1 cm³/mol. The van der Waals surface area contributed by atoms with Crippen LogP contribution in [0.5, 0.6) is 0 Å². The summed E-state index contributed by atoms with van der Waals surface area (Å²) in [6, 6.07) is -0.00191. The second-order valence-electron chi connectivity index (χ2n) is 3.74. The first kappa shape index (κ1) is 14.6. The van der Waals surface area contributed by atoms with Crippen molar-refractivity contribution in [2.75, 3.05) is 5.32 Å².